The van der Waals surface area contributed by atoms with Gasteiger partial charge < -0.3 is 14.8 Å². The fourth-order valence-electron chi connectivity index (χ4n) is 2.27. The van der Waals surface area contributed by atoms with E-state index in [2.05, 4.69) is 47.2 Å². The summed E-state index contributed by atoms with van der Waals surface area (Å²) in [6, 6.07) is 4.94. The Bertz CT molecular complexity index is 456. The summed E-state index contributed by atoms with van der Waals surface area (Å²) in [5.41, 5.74) is 1.23. The molecular weight excluding hydrogens is 330 g/mol. The van der Waals surface area contributed by atoms with E-state index in [9.17, 15) is 0 Å². The van der Waals surface area contributed by atoms with E-state index in [1.165, 1.54) is 18.4 Å². The second-order valence-electron chi connectivity index (χ2n) is 5.55. The smallest absolute Gasteiger partial charge is 0.175 e. The van der Waals surface area contributed by atoms with E-state index in [0.717, 1.165) is 35.4 Å². The van der Waals surface area contributed by atoms with Crippen LogP contribution in [0.3, 0.4) is 0 Å². The average molecular weight is 356 g/mol. The van der Waals surface area contributed by atoms with Crippen LogP contribution in [0.5, 0.6) is 11.5 Å². The van der Waals surface area contributed by atoms with Crippen LogP contribution in [0.4, 0.5) is 0 Å². The lowest BCUT2D eigenvalue weighted by Crippen LogP contribution is -2.17. The summed E-state index contributed by atoms with van der Waals surface area (Å²) >= 11 is 3.64. The molecule has 0 spiro atoms. The van der Waals surface area contributed by atoms with Crippen molar-refractivity contribution in [2.75, 3.05) is 6.61 Å². The summed E-state index contributed by atoms with van der Waals surface area (Å²) in [7, 11) is 0. The minimum atomic E-state index is 0.232. The summed E-state index contributed by atoms with van der Waals surface area (Å²) in [6.07, 6.45) is 4.83. The average Bonchev–Trinajstić information content (AvgIpc) is 3.29. The molecule has 0 aliphatic heterocycles. The van der Waals surface area contributed by atoms with Crippen molar-refractivity contribution in [3.63, 3.8) is 0 Å². The van der Waals surface area contributed by atoms with Gasteiger partial charge in [0.1, 0.15) is 0 Å². The van der Waals surface area contributed by atoms with Gasteiger partial charge in [0.2, 0.25) is 0 Å². The van der Waals surface area contributed by atoms with Crippen LogP contribution < -0.4 is 14.8 Å². The summed E-state index contributed by atoms with van der Waals surface area (Å²) in [4.78, 5) is 0. The summed E-state index contributed by atoms with van der Waals surface area (Å²) in [5.74, 6) is 1.67. The molecule has 0 heterocycles. The van der Waals surface area contributed by atoms with E-state index in [-0.39, 0.29) is 6.10 Å². The van der Waals surface area contributed by atoms with Crippen LogP contribution in [0, 0.1) is 0 Å². The predicted octanol–water partition coefficient (Wildman–Crippen LogP) is 4.67. The number of benzene rings is 1. The van der Waals surface area contributed by atoms with Crippen LogP contribution in [0.2, 0.25) is 0 Å². The molecule has 0 radical (unpaired) electrons. The molecule has 4 heteroatoms. The van der Waals surface area contributed by atoms with Gasteiger partial charge in [-0.2, -0.15) is 0 Å². The van der Waals surface area contributed by atoms with E-state index in [1.54, 1.807) is 0 Å². The molecule has 0 aromatic heterocycles. The Kier molecular flexibility index (Phi) is 6.37. The third kappa shape index (κ3) is 4.89. The molecule has 3 nitrogen and oxygen atoms in total. The maximum Gasteiger partial charge on any atom is 0.175 e. The van der Waals surface area contributed by atoms with Crippen LogP contribution in [-0.2, 0) is 6.54 Å². The zero-order valence-corrected chi connectivity index (χ0v) is 14.8. The van der Waals surface area contributed by atoms with Crippen molar-refractivity contribution in [2.24, 2.45) is 0 Å². The molecule has 1 aromatic rings. The molecule has 1 N–H and O–H groups in total. The topological polar surface area (TPSA) is 30.5 Å². The Hall–Kier alpha value is -0.740. The molecule has 1 aliphatic carbocycles. The highest BCUT2D eigenvalue weighted by Crippen LogP contribution is 2.38. The molecule has 1 aliphatic rings. The first-order chi connectivity index (χ1) is 10.2. The highest BCUT2D eigenvalue weighted by atomic mass is 79.9. The molecule has 0 amide bonds. The zero-order chi connectivity index (χ0) is 15.2. The van der Waals surface area contributed by atoms with Gasteiger partial charge >= 0.3 is 0 Å². The first-order valence-corrected chi connectivity index (χ1v) is 8.82. The molecule has 2 rings (SSSR count). The van der Waals surface area contributed by atoms with E-state index in [0.29, 0.717) is 12.6 Å². The molecular formula is C17H26BrNO2. The molecule has 0 atom stereocenters. The van der Waals surface area contributed by atoms with Gasteiger partial charge in [0.15, 0.2) is 11.5 Å². The molecule has 1 saturated carbocycles. The minimum Gasteiger partial charge on any atom is -0.490 e. The standard InChI is InChI=1S/C17H26BrNO2/c1-4-14(5-2)21-17-15(18)9-12(10-16(17)20-6-3)11-19-13-7-8-13/h9-10,13-14,19H,4-8,11H2,1-3H3. The van der Waals surface area contributed by atoms with Crippen molar-refractivity contribution in [3.8, 4) is 11.5 Å². The van der Waals surface area contributed by atoms with Crippen molar-refractivity contribution in [1.29, 1.82) is 0 Å². The van der Waals surface area contributed by atoms with Crippen LogP contribution >= 0.6 is 15.9 Å². The fourth-order valence-corrected chi connectivity index (χ4v) is 2.86. The largest absolute Gasteiger partial charge is 0.490 e. The fraction of sp³-hybridized carbons (Fsp3) is 0.647. The zero-order valence-electron chi connectivity index (χ0n) is 13.2. The SMILES string of the molecule is CCOc1cc(CNC2CC2)cc(Br)c1OC(CC)CC. The minimum absolute atomic E-state index is 0.232. The molecule has 21 heavy (non-hydrogen) atoms. The third-order valence-corrected chi connectivity index (χ3v) is 4.33. The number of hydrogen-bond donors (Lipinski definition) is 1. The second-order valence-corrected chi connectivity index (χ2v) is 6.40. The Labute approximate surface area is 136 Å². The maximum atomic E-state index is 6.13. The van der Waals surface area contributed by atoms with Crippen molar-refractivity contribution >= 4 is 15.9 Å². The number of hydrogen-bond acceptors (Lipinski definition) is 3. The van der Waals surface area contributed by atoms with Crippen molar-refractivity contribution in [2.45, 2.75) is 65.1 Å². The Balaban J connectivity index is 2.16. The molecule has 1 aromatic carbocycles. The van der Waals surface area contributed by atoms with Gasteiger partial charge in [0.25, 0.3) is 0 Å². The van der Waals surface area contributed by atoms with Gasteiger partial charge in [-0.15, -0.1) is 0 Å². The van der Waals surface area contributed by atoms with Gasteiger partial charge in [0.05, 0.1) is 17.2 Å². The number of ether oxygens (including phenoxy) is 2. The Morgan fingerprint density at radius 1 is 1.24 bits per heavy atom. The van der Waals surface area contributed by atoms with Gasteiger partial charge in [-0.05, 0) is 66.2 Å². The Morgan fingerprint density at radius 2 is 1.95 bits per heavy atom. The van der Waals surface area contributed by atoms with E-state index >= 15 is 0 Å². The first kappa shape index (κ1) is 16.6. The summed E-state index contributed by atoms with van der Waals surface area (Å²) < 4.78 is 12.9. The molecule has 1 fully saturated rings. The lowest BCUT2D eigenvalue weighted by atomic mass is 10.2. The van der Waals surface area contributed by atoms with E-state index in [4.69, 9.17) is 9.47 Å². The summed E-state index contributed by atoms with van der Waals surface area (Å²) in [5, 5.41) is 3.53. The third-order valence-electron chi connectivity index (χ3n) is 3.74. The monoisotopic (exact) mass is 355 g/mol. The number of nitrogens with one attached hydrogen (secondary N) is 1. The molecule has 118 valence electrons. The Morgan fingerprint density at radius 3 is 2.52 bits per heavy atom. The normalized spacial score (nSPS) is 14.5. The number of halogens is 1. The van der Waals surface area contributed by atoms with Crippen LogP contribution in [0.15, 0.2) is 16.6 Å². The second kappa shape index (κ2) is 8.04. The van der Waals surface area contributed by atoms with Crippen molar-refractivity contribution in [3.05, 3.63) is 22.2 Å². The lowest BCUT2D eigenvalue weighted by Gasteiger charge is -2.20. The number of rotatable bonds is 9. The maximum absolute atomic E-state index is 6.13. The lowest BCUT2D eigenvalue weighted by molar-refractivity contribution is 0.180. The van der Waals surface area contributed by atoms with Crippen molar-refractivity contribution in [1.82, 2.24) is 5.32 Å². The van der Waals surface area contributed by atoms with E-state index in [1.807, 2.05) is 6.92 Å². The van der Waals surface area contributed by atoms with Gasteiger partial charge in [-0.1, -0.05) is 13.8 Å². The summed E-state index contributed by atoms with van der Waals surface area (Å²) in [6.45, 7) is 7.83. The molecule has 0 unspecified atom stereocenters. The van der Waals surface area contributed by atoms with Gasteiger partial charge in [-0.25, -0.2) is 0 Å². The van der Waals surface area contributed by atoms with Crippen molar-refractivity contribution < 1.29 is 9.47 Å². The van der Waals surface area contributed by atoms with Crippen LogP contribution in [-0.4, -0.2) is 18.8 Å². The van der Waals surface area contributed by atoms with Crippen LogP contribution in [0.1, 0.15) is 52.0 Å². The van der Waals surface area contributed by atoms with Crippen LogP contribution in [0.25, 0.3) is 0 Å². The molecule has 0 saturated heterocycles. The first-order valence-electron chi connectivity index (χ1n) is 8.03. The highest BCUT2D eigenvalue weighted by Gasteiger charge is 2.21. The van der Waals surface area contributed by atoms with Gasteiger partial charge in [0, 0.05) is 12.6 Å². The highest BCUT2D eigenvalue weighted by molar-refractivity contribution is 9.10. The molecule has 0 bridgehead atoms. The predicted molar refractivity (Wildman–Crippen MR) is 90.2 cm³/mol. The van der Waals surface area contributed by atoms with E-state index < -0.39 is 0 Å². The van der Waals surface area contributed by atoms with Gasteiger partial charge in [-0.3, -0.25) is 0 Å². The quantitative estimate of drug-likeness (QED) is 0.698.